The number of hydrogen-bond donors (Lipinski definition) is 1. The van der Waals surface area contributed by atoms with Gasteiger partial charge in [-0.25, -0.2) is 9.78 Å². The number of amides is 2. The zero-order valence-electron chi connectivity index (χ0n) is 16.3. The molecule has 2 fully saturated rings. The van der Waals surface area contributed by atoms with E-state index >= 15 is 0 Å². The molecule has 0 aromatic carbocycles. The van der Waals surface area contributed by atoms with Crippen molar-refractivity contribution in [2.45, 2.75) is 45.6 Å². The van der Waals surface area contributed by atoms with Crippen LogP contribution in [0.2, 0.25) is 0 Å². The van der Waals surface area contributed by atoms with Crippen molar-refractivity contribution in [3.63, 3.8) is 0 Å². The summed E-state index contributed by atoms with van der Waals surface area (Å²) in [5.74, 6) is 1.62. The maximum absolute atomic E-state index is 12.5. The second kappa shape index (κ2) is 9.06. The second-order valence-electron chi connectivity index (χ2n) is 7.51. The van der Waals surface area contributed by atoms with Crippen molar-refractivity contribution in [1.82, 2.24) is 15.2 Å². The molecule has 0 aliphatic carbocycles. The van der Waals surface area contributed by atoms with Crippen LogP contribution in [0.5, 0.6) is 0 Å². The lowest BCUT2D eigenvalue weighted by Crippen LogP contribution is -2.46. The highest BCUT2D eigenvalue weighted by molar-refractivity contribution is 5.94. The molecule has 1 aromatic heterocycles. The molecular weight excluding hydrogens is 344 g/mol. The zero-order valence-corrected chi connectivity index (χ0v) is 16.3. The molecule has 1 aromatic rings. The van der Waals surface area contributed by atoms with Gasteiger partial charge in [-0.05, 0) is 50.7 Å². The Hall–Kier alpha value is -2.31. The number of ether oxygens (including phenoxy) is 1. The van der Waals surface area contributed by atoms with Gasteiger partial charge in [0.15, 0.2) is 0 Å². The molecule has 0 bridgehead atoms. The van der Waals surface area contributed by atoms with Gasteiger partial charge in [0.25, 0.3) is 5.91 Å². The van der Waals surface area contributed by atoms with Crippen molar-refractivity contribution >= 4 is 17.8 Å². The third-order valence-corrected chi connectivity index (χ3v) is 5.47. The van der Waals surface area contributed by atoms with E-state index in [1.54, 1.807) is 18.0 Å². The van der Waals surface area contributed by atoms with Gasteiger partial charge >= 0.3 is 6.09 Å². The maximum atomic E-state index is 12.5. The first kappa shape index (κ1) is 19.5. The minimum Gasteiger partial charge on any atom is -0.450 e. The standard InChI is InChI=1S/C20H30N4O3/c1-3-27-20(26)24-12-8-17(9-13-24)22-19(25)16-4-5-18(21-14-16)23-10-6-15(2)7-11-23/h4-5,14-15,17H,3,6-13H2,1-2H3,(H,22,25). The molecule has 0 radical (unpaired) electrons. The topological polar surface area (TPSA) is 74.8 Å². The van der Waals surface area contributed by atoms with E-state index in [0.717, 1.165) is 37.7 Å². The van der Waals surface area contributed by atoms with Crippen LogP contribution in [0.15, 0.2) is 18.3 Å². The molecule has 2 amide bonds. The lowest BCUT2D eigenvalue weighted by atomic mass is 9.99. The Bertz CT molecular complexity index is 633. The van der Waals surface area contributed by atoms with Crippen LogP contribution in [0.25, 0.3) is 0 Å². The van der Waals surface area contributed by atoms with E-state index < -0.39 is 0 Å². The highest BCUT2D eigenvalue weighted by Gasteiger charge is 2.25. The van der Waals surface area contributed by atoms with E-state index in [2.05, 4.69) is 22.1 Å². The normalized spacial score (nSPS) is 19.0. The van der Waals surface area contributed by atoms with Crippen LogP contribution in [0.3, 0.4) is 0 Å². The molecule has 2 saturated heterocycles. The molecule has 3 rings (SSSR count). The van der Waals surface area contributed by atoms with Gasteiger partial charge in [0.1, 0.15) is 5.82 Å². The minimum absolute atomic E-state index is 0.0754. The van der Waals surface area contributed by atoms with Crippen LogP contribution in [-0.2, 0) is 4.74 Å². The van der Waals surface area contributed by atoms with Gasteiger partial charge in [-0.1, -0.05) is 6.92 Å². The lowest BCUT2D eigenvalue weighted by Gasteiger charge is -2.32. The van der Waals surface area contributed by atoms with Gasteiger partial charge in [-0.15, -0.1) is 0 Å². The molecule has 148 valence electrons. The molecule has 1 N–H and O–H groups in total. The third kappa shape index (κ3) is 5.11. The predicted molar refractivity (Wildman–Crippen MR) is 104 cm³/mol. The summed E-state index contributed by atoms with van der Waals surface area (Å²) in [5.41, 5.74) is 0.581. The molecular formula is C20H30N4O3. The van der Waals surface area contributed by atoms with Crippen molar-refractivity contribution in [1.29, 1.82) is 0 Å². The summed E-state index contributed by atoms with van der Waals surface area (Å²) >= 11 is 0. The molecule has 7 heteroatoms. The number of rotatable bonds is 4. The van der Waals surface area contributed by atoms with E-state index in [-0.39, 0.29) is 18.0 Å². The summed E-state index contributed by atoms with van der Waals surface area (Å²) in [7, 11) is 0. The van der Waals surface area contributed by atoms with Crippen molar-refractivity contribution in [2.75, 3.05) is 37.7 Å². The lowest BCUT2D eigenvalue weighted by molar-refractivity contribution is 0.0860. The van der Waals surface area contributed by atoms with E-state index in [9.17, 15) is 9.59 Å². The zero-order chi connectivity index (χ0) is 19.2. The smallest absolute Gasteiger partial charge is 0.409 e. The average Bonchev–Trinajstić information content (AvgIpc) is 2.69. The van der Waals surface area contributed by atoms with Gasteiger partial charge < -0.3 is 19.9 Å². The maximum Gasteiger partial charge on any atom is 0.409 e. The predicted octanol–water partition coefficient (Wildman–Crippen LogP) is 2.67. The summed E-state index contributed by atoms with van der Waals surface area (Å²) in [6, 6.07) is 3.86. The first-order valence-electron chi connectivity index (χ1n) is 10.0. The second-order valence-corrected chi connectivity index (χ2v) is 7.51. The number of aromatic nitrogens is 1. The van der Waals surface area contributed by atoms with Gasteiger partial charge in [0, 0.05) is 38.4 Å². The Morgan fingerprint density at radius 1 is 1.15 bits per heavy atom. The summed E-state index contributed by atoms with van der Waals surface area (Å²) in [5, 5.41) is 3.06. The Labute approximate surface area is 161 Å². The van der Waals surface area contributed by atoms with Gasteiger partial charge in [-0.2, -0.15) is 0 Å². The van der Waals surface area contributed by atoms with Crippen LogP contribution in [-0.4, -0.2) is 60.7 Å². The quantitative estimate of drug-likeness (QED) is 0.877. The SMILES string of the molecule is CCOC(=O)N1CCC(NC(=O)c2ccc(N3CCC(C)CC3)nc2)CC1. The highest BCUT2D eigenvalue weighted by atomic mass is 16.6. The fourth-order valence-electron chi connectivity index (χ4n) is 3.64. The van der Waals surface area contributed by atoms with Gasteiger partial charge in [0.2, 0.25) is 0 Å². The van der Waals surface area contributed by atoms with E-state index in [1.165, 1.54) is 12.8 Å². The number of anilines is 1. The summed E-state index contributed by atoms with van der Waals surface area (Å²) in [4.78, 5) is 32.7. The van der Waals surface area contributed by atoms with Gasteiger partial charge in [0.05, 0.1) is 12.2 Å². The highest BCUT2D eigenvalue weighted by Crippen LogP contribution is 2.21. The Balaban J connectivity index is 1.48. The molecule has 0 spiro atoms. The summed E-state index contributed by atoms with van der Waals surface area (Å²) in [6.45, 7) is 7.74. The fourth-order valence-corrected chi connectivity index (χ4v) is 3.64. The van der Waals surface area contributed by atoms with Crippen molar-refractivity contribution in [3.8, 4) is 0 Å². The minimum atomic E-state index is -0.269. The number of pyridine rings is 1. The Morgan fingerprint density at radius 2 is 1.85 bits per heavy atom. The molecule has 2 aliphatic rings. The number of nitrogens with one attached hydrogen (secondary N) is 1. The molecule has 3 heterocycles. The number of carbonyl (C=O) groups is 2. The fraction of sp³-hybridized carbons (Fsp3) is 0.650. The first-order valence-corrected chi connectivity index (χ1v) is 10.0. The number of carbonyl (C=O) groups excluding carboxylic acids is 2. The van der Waals surface area contributed by atoms with Crippen LogP contribution in [0.4, 0.5) is 10.6 Å². The van der Waals surface area contributed by atoms with Crippen molar-refractivity contribution in [3.05, 3.63) is 23.9 Å². The molecule has 0 atom stereocenters. The number of likely N-dealkylation sites (tertiary alicyclic amines) is 1. The van der Waals surface area contributed by atoms with Crippen LogP contribution >= 0.6 is 0 Å². The Morgan fingerprint density at radius 3 is 2.44 bits per heavy atom. The van der Waals surface area contributed by atoms with Crippen molar-refractivity contribution < 1.29 is 14.3 Å². The van der Waals surface area contributed by atoms with E-state index in [1.807, 2.05) is 12.1 Å². The molecule has 0 saturated carbocycles. The average molecular weight is 374 g/mol. The summed E-state index contributed by atoms with van der Waals surface area (Å²) < 4.78 is 5.02. The molecule has 7 nitrogen and oxygen atoms in total. The van der Waals surface area contributed by atoms with Gasteiger partial charge in [-0.3, -0.25) is 4.79 Å². The number of nitrogens with zero attached hydrogens (tertiary/aromatic N) is 3. The van der Waals surface area contributed by atoms with Crippen LogP contribution in [0.1, 0.15) is 49.9 Å². The largest absolute Gasteiger partial charge is 0.450 e. The number of piperidine rings is 2. The monoisotopic (exact) mass is 374 g/mol. The van der Waals surface area contributed by atoms with E-state index in [0.29, 0.717) is 25.3 Å². The number of hydrogen-bond acceptors (Lipinski definition) is 5. The Kier molecular flexibility index (Phi) is 6.53. The molecule has 2 aliphatic heterocycles. The molecule has 27 heavy (non-hydrogen) atoms. The van der Waals surface area contributed by atoms with Crippen molar-refractivity contribution in [2.24, 2.45) is 5.92 Å². The first-order chi connectivity index (χ1) is 13.1. The van der Waals surface area contributed by atoms with Crippen LogP contribution in [0, 0.1) is 5.92 Å². The van der Waals surface area contributed by atoms with E-state index in [4.69, 9.17) is 4.74 Å². The molecule has 0 unspecified atom stereocenters. The van der Waals surface area contributed by atoms with Crippen LogP contribution < -0.4 is 10.2 Å². The third-order valence-electron chi connectivity index (χ3n) is 5.47. The summed E-state index contributed by atoms with van der Waals surface area (Å²) in [6.07, 6.45) is 5.25.